The standard InChI is InChI=1S/C19H16N2/c1-13-12-20-18(14-8-4-3-5-9-14)19-17(13)15-10-6-7-11-16(15)21(19)2/h3-12H,1-2H3. The van der Waals surface area contributed by atoms with Crippen LogP contribution in [0.1, 0.15) is 5.56 Å². The molecule has 0 aliphatic heterocycles. The maximum Gasteiger partial charge on any atom is 0.0945 e. The summed E-state index contributed by atoms with van der Waals surface area (Å²) >= 11 is 0. The number of pyridine rings is 1. The average Bonchev–Trinajstić information content (AvgIpc) is 2.84. The van der Waals surface area contributed by atoms with Crippen molar-refractivity contribution >= 4 is 21.8 Å². The molecule has 0 bridgehead atoms. The second-order valence-corrected chi connectivity index (χ2v) is 5.46. The van der Waals surface area contributed by atoms with Gasteiger partial charge in [-0.05, 0) is 18.6 Å². The minimum Gasteiger partial charge on any atom is -0.342 e. The molecule has 4 rings (SSSR count). The van der Waals surface area contributed by atoms with Gasteiger partial charge < -0.3 is 4.57 Å². The van der Waals surface area contributed by atoms with Crippen molar-refractivity contribution < 1.29 is 0 Å². The van der Waals surface area contributed by atoms with E-state index in [0.717, 1.165) is 11.3 Å². The average molecular weight is 272 g/mol. The van der Waals surface area contributed by atoms with Crippen molar-refractivity contribution in [3.63, 3.8) is 0 Å². The fraction of sp³-hybridized carbons (Fsp3) is 0.105. The van der Waals surface area contributed by atoms with Crippen molar-refractivity contribution in [2.24, 2.45) is 7.05 Å². The summed E-state index contributed by atoms with van der Waals surface area (Å²) in [4.78, 5) is 4.71. The lowest BCUT2D eigenvalue weighted by atomic mass is 10.0. The van der Waals surface area contributed by atoms with Crippen LogP contribution in [0.4, 0.5) is 0 Å². The molecule has 0 N–H and O–H groups in total. The monoisotopic (exact) mass is 272 g/mol. The quantitative estimate of drug-likeness (QED) is 0.491. The number of hydrogen-bond acceptors (Lipinski definition) is 1. The highest BCUT2D eigenvalue weighted by atomic mass is 15.0. The van der Waals surface area contributed by atoms with Crippen LogP contribution in [-0.4, -0.2) is 9.55 Å². The maximum atomic E-state index is 4.71. The van der Waals surface area contributed by atoms with Crippen molar-refractivity contribution in [1.82, 2.24) is 9.55 Å². The first-order valence-corrected chi connectivity index (χ1v) is 7.15. The third-order valence-electron chi connectivity index (χ3n) is 4.16. The molecule has 0 radical (unpaired) electrons. The van der Waals surface area contributed by atoms with Gasteiger partial charge in [-0.3, -0.25) is 4.98 Å². The van der Waals surface area contributed by atoms with E-state index >= 15 is 0 Å². The van der Waals surface area contributed by atoms with Gasteiger partial charge in [0.05, 0.1) is 11.2 Å². The summed E-state index contributed by atoms with van der Waals surface area (Å²) in [7, 11) is 2.12. The Bertz CT molecular complexity index is 950. The summed E-state index contributed by atoms with van der Waals surface area (Å²) in [6.07, 6.45) is 1.98. The van der Waals surface area contributed by atoms with Crippen LogP contribution in [0, 0.1) is 6.92 Å². The van der Waals surface area contributed by atoms with E-state index in [2.05, 4.69) is 67.1 Å². The smallest absolute Gasteiger partial charge is 0.0945 e. The number of aromatic nitrogens is 2. The van der Waals surface area contributed by atoms with Gasteiger partial charge in [0.15, 0.2) is 0 Å². The van der Waals surface area contributed by atoms with E-state index in [1.54, 1.807) is 0 Å². The minimum absolute atomic E-state index is 1.05. The summed E-state index contributed by atoms with van der Waals surface area (Å²) in [5.41, 5.74) is 5.90. The van der Waals surface area contributed by atoms with Crippen LogP contribution in [0.2, 0.25) is 0 Å². The molecule has 2 aromatic heterocycles. The molecular weight excluding hydrogens is 256 g/mol. The van der Waals surface area contributed by atoms with Crippen molar-refractivity contribution in [2.75, 3.05) is 0 Å². The number of fused-ring (bicyclic) bond motifs is 3. The molecule has 0 fully saturated rings. The predicted molar refractivity (Wildman–Crippen MR) is 88.4 cm³/mol. The fourth-order valence-corrected chi connectivity index (χ4v) is 3.16. The zero-order valence-corrected chi connectivity index (χ0v) is 12.2. The van der Waals surface area contributed by atoms with Gasteiger partial charge in [-0.1, -0.05) is 48.5 Å². The van der Waals surface area contributed by atoms with Crippen LogP contribution in [0.3, 0.4) is 0 Å². The summed E-state index contributed by atoms with van der Waals surface area (Å²) in [5.74, 6) is 0. The van der Waals surface area contributed by atoms with Gasteiger partial charge in [-0.15, -0.1) is 0 Å². The fourth-order valence-electron chi connectivity index (χ4n) is 3.16. The Morgan fingerprint density at radius 3 is 2.43 bits per heavy atom. The summed E-state index contributed by atoms with van der Waals surface area (Å²) in [5, 5.41) is 2.61. The van der Waals surface area contributed by atoms with Crippen LogP contribution in [0.25, 0.3) is 33.1 Å². The van der Waals surface area contributed by atoms with Gasteiger partial charge in [-0.2, -0.15) is 0 Å². The molecule has 102 valence electrons. The number of hydrogen-bond donors (Lipinski definition) is 0. The zero-order chi connectivity index (χ0) is 14.4. The third kappa shape index (κ3) is 1.69. The Morgan fingerprint density at radius 2 is 1.62 bits per heavy atom. The molecule has 21 heavy (non-hydrogen) atoms. The van der Waals surface area contributed by atoms with Gasteiger partial charge in [-0.25, -0.2) is 0 Å². The van der Waals surface area contributed by atoms with E-state index < -0.39 is 0 Å². The lowest BCUT2D eigenvalue weighted by Gasteiger charge is -2.07. The van der Waals surface area contributed by atoms with Crippen LogP contribution >= 0.6 is 0 Å². The van der Waals surface area contributed by atoms with Gasteiger partial charge in [0.1, 0.15) is 0 Å². The molecular formula is C19H16N2. The number of benzene rings is 2. The topological polar surface area (TPSA) is 17.8 Å². The molecule has 0 aliphatic carbocycles. The highest BCUT2D eigenvalue weighted by Crippen LogP contribution is 2.35. The van der Waals surface area contributed by atoms with E-state index in [9.17, 15) is 0 Å². The summed E-state index contributed by atoms with van der Waals surface area (Å²) < 4.78 is 2.26. The first-order chi connectivity index (χ1) is 10.3. The molecule has 2 heteroatoms. The Hall–Kier alpha value is -2.61. The van der Waals surface area contributed by atoms with Crippen molar-refractivity contribution in [3.05, 3.63) is 66.4 Å². The third-order valence-corrected chi connectivity index (χ3v) is 4.16. The highest BCUT2D eigenvalue weighted by Gasteiger charge is 2.15. The number of rotatable bonds is 1. The van der Waals surface area contributed by atoms with E-state index in [1.165, 1.54) is 27.4 Å². The molecule has 0 saturated heterocycles. The Balaban J connectivity index is 2.23. The van der Waals surface area contributed by atoms with Crippen molar-refractivity contribution in [3.8, 4) is 11.3 Å². The molecule has 0 amide bonds. The molecule has 0 unspecified atom stereocenters. The number of aryl methyl sites for hydroxylation is 2. The largest absolute Gasteiger partial charge is 0.342 e. The Labute approximate surface area is 123 Å². The second-order valence-electron chi connectivity index (χ2n) is 5.46. The number of para-hydroxylation sites is 1. The zero-order valence-electron chi connectivity index (χ0n) is 12.2. The van der Waals surface area contributed by atoms with Gasteiger partial charge in [0.25, 0.3) is 0 Å². The lowest BCUT2D eigenvalue weighted by Crippen LogP contribution is -1.93. The highest BCUT2D eigenvalue weighted by molar-refractivity contribution is 6.13. The first kappa shape index (κ1) is 12.2. The molecule has 2 aromatic carbocycles. The number of nitrogens with zero attached hydrogens (tertiary/aromatic N) is 2. The molecule has 0 aliphatic rings. The maximum absolute atomic E-state index is 4.71. The van der Waals surface area contributed by atoms with Crippen LogP contribution in [-0.2, 0) is 7.05 Å². The first-order valence-electron chi connectivity index (χ1n) is 7.15. The van der Waals surface area contributed by atoms with Gasteiger partial charge in [0, 0.05) is 35.1 Å². The Kier molecular flexibility index (Phi) is 2.58. The van der Waals surface area contributed by atoms with Crippen molar-refractivity contribution in [1.29, 1.82) is 0 Å². The lowest BCUT2D eigenvalue weighted by molar-refractivity contribution is 1.01. The van der Waals surface area contributed by atoms with Crippen LogP contribution < -0.4 is 0 Å². The minimum atomic E-state index is 1.05. The molecule has 2 heterocycles. The van der Waals surface area contributed by atoms with E-state index in [1.807, 2.05) is 12.3 Å². The summed E-state index contributed by atoms with van der Waals surface area (Å²) in [6.45, 7) is 2.14. The van der Waals surface area contributed by atoms with E-state index in [-0.39, 0.29) is 0 Å². The molecule has 2 nitrogen and oxygen atoms in total. The predicted octanol–water partition coefficient (Wildman–Crippen LogP) is 4.70. The van der Waals surface area contributed by atoms with E-state index in [0.29, 0.717) is 0 Å². The normalized spacial score (nSPS) is 11.3. The van der Waals surface area contributed by atoms with Gasteiger partial charge >= 0.3 is 0 Å². The van der Waals surface area contributed by atoms with Crippen LogP contribution in [0.5, 0.6) is 0 Å². The van der Waals surface area contributed by atoms with Crippen LogP contribution in [0.15, 0.2) is 60.8 Å². The second kappa shape index (κ2) is 4.45. The molecule has 0 saturated carbocycles. The molecule has 4 aromatic rings. The molecule has 0 atom stereocenters. The molecule has 0 spiro atoms. The summed E-state index contributed by atoms with van der Waals surface area (Å²) in [6, 6.07) is 19.0. The Morgan fingerprint density at radius 1 is 0.905 bits per heavy atom. The SMILES string of the molecule is Cc1cnc(-c2ccccc2)c2c1c1ccccc1n2C. The van der Waals surface area contributed by atoms with Crippen molar-refractivity contribution in [2.45, 2.75) is 6.92 Å². The van der Waals surface area contributed by atoms with E-state index in [4.69, 9.17) is 4.98 Å². The van der Waals surface area contributed by atoms with Gasteiger partial charge in [0.2, 0.25) is 0 Å².